The van der Waals surface area contributed by atoms with Crippen LogP contribution < -0.4 is 14.9 Å². The first-order valence-corrected chi connectivity index (χ1v) is 9.93. The largest absolute Gasteiger partial charge is 0.494 e. The molecule has 1 N–H and O–H groups in total. The van der Waals surface area contributed by atoms with E-state index in [4.69, 9.17) is 67.5 Å². The smallest absolute Gasteiger partial charge is 0.277 e. The molecule has 0 saturated carbocycles. The molecule has 1 amide bonds. The van der Waals surface area contributed by atoms with E-state index in [2.05, 4.69) is 10.5 Å². The molecular weight excluding hydrogens is 469 g/mol. The van der Waals surface area contributed by atoms with Crippen LogP contribution in [0.5, 0.6) is 11.5 Å². The fourth-order valence-electron chi connectivity index (χ4n) is 1.93. The first-order chi connectivity index (χ1) is 13.3. The lowest BCUT2D eigenvalue weighted by Crippen LogP contribution is -2.24. The average molecular weight is 485 g/mol. The quantitative estimate of drug-likeness (QED) is 0.208. The molecule has 0 aromatic heterocycles. The normalized spacial score (nSPS) is 10.9. The molecule has 0 radical (unpaired) electrons. The number of benzene rings is 2. The van der Waals surface area contributed by atoms with Crippen LogP contribution in [0.4, 0.5) is 0 Å². The van der Waals surface area contributed by atoms with Gasteiger partial charge in [0.05, 0.1) is 27.9 Å². The molecule has 0 aliphatic heterocycles. The molecule has 0 aliphatic carbocycles. The lowest BCUT2D eigenvalue weighted by molar-refractivity contribution is -0.123. The van der Waals surface area contributed by atoms with Crippen molar-refractivity contribution in [2.75, 3.05) is 13.2 Å². The first kappa shape index (κ1) is 22.9. The van der Waals surface area contributed by atoms with E-state index in [0.29, 0.717) is 6.61 Å². The summed E-state index contributed by atoms with van der Waals surface area (Å²) in [6.07, 6.45) is 2.42. The third kappa shape index (κ3) is 6.06. The minimum absolute atomic E-state index is 0.00541. The van der Waals surface area contributed by atoms with E-state index < -0.39 is 12.5 Å². The second-order valence-corrected chi connectivity index (χ2v) is 7.29. The number of halogens is 5. The number of hydrogen-bond acceptors (Lipinski definition) is 4. The fraction of sp³-hybridized carbons (Fsp3) is 0.222. The van der Waals surface area contributed by atoms with Gasteiger partial charge < -0.3 is 9.47 Å². The van der Waals surface area contributed by atoms with Gasteiger partial charge in [-0.05, 0) is 36.2 Å². The minimum Gasteiger partial charge on any atom is -0.494 e. The number of amides is 1. The highest BCUT2D eigenvalue weighted by Gasteiger charge is 2.21. The highest BCUT2D eigenvalue weighted by atomic mass is 35.5. The summed E-state index contributed by atoms with van der Waals surface area (Å²) >= 11 is 29.8. The highest BCUT2D eigenvalue weighted by Crippen LogP contribution is 2.48. The maximum atomic E-state index is 11.9. The van der Waals surface area contributed by atoms with Crippen LogP contribution in [-0.4, -0.2) is 25.3 Å². The summed E-state index contributed by atoms with van der Waals surface area (Å²) in [4.78, 5) is 11.9. The van der Waals surface area contributed by atoms with Crippen LogP contribution >= 0.6 is 58.0 Å². The second-order valence-electron chi connectivity index (χ2n) is 5.40. The van der Waals surface area contributed by atoms with Crippen molar-refractivity contribution in [2.45, 2.75) is 13.3 Å². The summed E-state index contributed by atoms with van der Waals surface area (Å²) in [6.45, 7) is 2.28. The number of hydrazone groups is 1. The lowest BCUT2D eigenvalue weighted by Gasteiger charge is -2.13. The molecule has 2 aromatic carbocycles. The van der Waals surface area contributed by atoms with Gasteiger partial charge in [-0.25, -0.2) is 5.43 Å². The van der Waals surface area contributed by atoms with Crippen LogP contribution in [0.1, 0.15) is 18.9 Å². The summed E-state index contributed by atoms with van der Waals surface area (Å²) in [5.41, 5.74) is 3.11. The van der Waals surface area contributed by atoms with Gasteiger partial charge in [0.15, 0.2) is 12.4 Å². The molecule has 0 spiro atoms. The Morgan fingerprint density at radius 2 is 1.54 bits per heavy atom. The third-order valence-electron chi connectivity index (χ3n) is 3.27. The van der Waals surface area contributed by atoms with E-state index in [1.165, 1.54) is 6.21 Å². The van der Waals surface area contributed by atoms with Gasteiger partial charge in [-0.1, -0.05) is 64.9 Å². The molecule has 0 bridgehead atoms. The van der Waals surface area contributed by atoms with Crippen LogP contribution in [0, 0.1) is 0 Å². The standard InChI is InChI=1S/C18H15Cl5N2O3/c1-2-7-27-11-5-3-10(4-6-11)8-24-25-12(26)9-28-18-16(22)14(20)13(19)15(21)17(18)23/h3-6,8H,2,7,9H2,1H3,(H,25,26). The molecular formula is C18H15Cl5N2O3. The SMILES string of the molecule is CCCOc1ccc(C=NNC(=O)COc2c(Cl)c(Cl)c(Cl)c(Cl)c2Cl)cc1. The van der Waals surface area contributed by atoms with E-state index in [1.54, 1.807) is 0 Å². The number of nitrogens with zero attached hydrogens (tertiary/aromatic N) is 1. The summed E-state index contributed by atoms with van der Waals surface area (Å²) in [7, 11) is 0. The number of carbonyl (C=O) groups excluding carboxylic acids is 1. The Bertz CT molecular complexity index is 844. The third-order valence-corrected chi connectivity index (χ3v) is 5.52. The van der Waals surface area contributed by atoms with E-state index in [1.807, 2.05) is 31.2 Å². The first-order valence-electron chi connectivity index (χ1n) is 8.04. The van der Waals surface area contributed by atoms with Crippen molar-refractivity contribution in [3.63, 3.8) is 0 Å². The molecule has 0 unspecified atom stereocenters. The molecule has 0 fully saturated rings. The Morgan fingerprint density at radius 3 is 2.11 bits per heavy atom. The van der Waals surface area contributed by atoms with Gasteiger partial charge in [-0.15, -0.1) is 0 Å². The predicted molar refractivity (Wildman–Crippen MR) is 115 cm³/mol. The number of hydrogen-bond donors (Lipinski definition) is 1. The van der Waals surface area contributed by atoms with Gasteiger partial charge in [-0.2, -0.15) is 5.10 Å². The van der Waals surface area contributed by atoms with Crippen molar-refractivity contribution in [2.24, 2.45) is 5.10 Å². The van der Waals surface area contributed by atoms with Crippen LogP contribution in [0.25, 0.3) is 0 Å². The zero-order valence-electron chi connectivity index (χ0n) is 14.6. The molecule has 2 aromatic rings. The second kappa shape index (κ2) is 11.0. The maximum absolute atomic E-state index is 11.9. The van der Waals surface area contributed by atoms with Crippen LogP contribution in [0.15, 0.2) is 29.4 Å². The number of nitrogens with one attached hydrogen (secondary N) is 1. The molecule has 150 valence electrons. The van der Waals surface area contributed by atoms with Crippen molar-refractivity contribution >= 4 is 70.1 Å². The predicted octanol–water partition coefficient (Wildman–Crippen LogP) is 6.27. The highest BCUT2D eigenvalue weighted by molar-refractivity contribution is 6.55. The van der Waals surface area contributed by atoms with Crippen molar-refractivity contribution in [3.05, 3.63) is 54.9 Å². The summed E-state index contributed by atoms with van der Waals surface area (Å²) in [5, 5.41) is 3.75. The fourth-order valence-corrected chi connectivity index (χ4v) is 3.16. The minimum atomic E-state index is -0.534. The van der Waals surface area contributed by atoms with E-state index in [-0.39, 0.29) is 30.9 Å². The molecule has 0 atom stereocenters. The van der Waals surface area contributed by atoms with Gasteiger partial charge in [0.2, 0.25) is 0 Å². The Labute approximate surface area is 187 Å². The summed E-state index contributed by atoms with van der Waals surface area (Å²) in [6, 6.07) is 7.27. The molecule has 28 heavy (non-hydrogen) atoms. The summed E-state index contributed by atoms with van der Waals surface area (Å²) < 4.78 is 10.8. The zero-order valence-corrected chi connectivity index (χ0v) is 18.3. The molecule has 2 rings (SSSR count). The Hall–Kier alpha value is -1.37. The number of carbonyl (C=O) groups is 1. The van der Waals surface area contributed by atoms with Crippen molar-refractivity contribution < 1.29 is 14.3 Å². The van der Waals surface area contributed by atoms with Gasteiger partial charge in [-0.3, -0.25) is 4.79 Å². The van der Waals surface area contributed by atoms with Crippen LogP contribution in [-0.2, 0) is 4.79 Å². The van der Waals surface area contributed by atoms with E-state index in [0.717, 1.165) is 17.7 Å². The Kier molecular flexibility index (Phi) is 8.99. The zero-order chi connectivity index (χ0) is 20.7. The number of ether oxygens (including phenoxy) is 2. The van der Waals surface area contributed by atoms with Gasteiger partial charge in [0, 0.05) is 0 Å². The van der Waals surface area contributed by atoms with Crippen LogP contribution in [0.2, 0.25) is 25.1 Å². The molecule has 10 heteroatoms. The van der Waals surface area contributed by atoms with E-state index in [9.17, 15) is 4.79 Å². The summed E-state index contributed by atoms with van der Waals surface area (Å²) in [5.74, 6) is 0.198. The topological polar surface area (TPSA) is 59.9 Å². The Balaban J connectivity index is 1.91. The van der Waals surface area contributed by atoms with Gasteiger partial charge in [0.25, 0.3) is 5.91 Å². The van der Waals surface area contributed by atoms with Crippen molar-refractivity contribution in [3.8, 4) is 11.5 Å². The van der Waals surface area contributed by atoms with E-state index >= 15 is 0 Å². The number of rotatable bonds is 8. The van der Waals surface area contributed by atoms with Crippen molar-refractivity contribution in [1.29, 1.82) is 0 Å². The average Bonchev–Trinajstić information content (AvgIpc) is 2.70. The van der Waals surface area contributed by atoms with Gasteiger partial charge >= 0.3 is 0 Å². The monoisotopic (exact) mass is 482 g/mol. The molecule has 5 nitrogen and oxygen atoms in total. The Morgan fingerprint density at radius 1 is 0.964 bits per heavy atom. The van der Waals surface area contributed by atoms with Crippen molar-refractivity contribution in [1.82, 2.24) is 5.43 Å². The van der Waals surface area contributed by atoms with Gasteiger partial charge in [0.1, 0.15) is 15.8 Å². The molecule has 0 aliphatic rings. The maximum Gasteiger partial charge on any atom is 0.277 e. The molecule has 0 heterocycles. The molecule has 0 saturated heterocycles. The van der Waals surface area contributed by atoms with Crippen LogP contribution in [0.3, 0.4) is 0 Å². The lowest BCUT2D eigenvalue weighted by atomic mass is 10.2.